The Labute approximate surface area is 190 Å². The predicted molar refractivity (Wildman–Crippen MR) is 128 cm³/mol. The van der Waals surface area contributed by atoms with Crippen molar-refractivity contribution in [3.8, 4) is 0 Å². The Morgan fingerprint density at radius 3 is 1.84 bits per heavy atom. The van der Waals surface area contributed by atoms with Crippen LogP contribution in [0.1, 0.15) is 10.4 Å². The maximum absolute atomic E-state index is 12.6. The first-order valence-electron chi connectivity index (χ1n) is 10.1. The van der Waals surface area contributed by atoms with Crippen molar-refractivity contribution in [3.05, 3.63) is 88.9 Å². The molecule has 2 N–H and O–H groups in total. The van der Waals surface area contributed by atoms with Crippen LogP contribution in [-0.2, 0) is 0 Å². The van der Waals surface area contributed by atoms with Gasteiger partial charge in [0.25, 0.3) is 5.91 Å². The molecule has 3 aromatic rings. The van der Waals surface area contributed by atoms with E-state index in [1.54, 1.807) is 0 Å². The van der Waals surface area contributed by atoms with Crippen molar-refractivity contribution in [2.24, 2.45) is 0 Å². The van der Waals surface area contributed by atoms with Crippen LogP contribution in [0, 0.1) is 0 Å². The van der Waals surface area contributed by atoms with E-state index in [-0.39, 0.29) is 11.9 Å². The number of hydrogen-bond donors (Lipinski definition) is 2. The van der Waals surface area contributed by atoms with E-state index in [9.17, 15) is 9.59 Å². The minimum absolute atomic E-state index is 0.0802. The first-order valence-corrected chi connectivity index (χ1v) is 10.9. The molecule has 0 spiro atoms. The first-order chi connectivity index (χ1) is 15.1. The third kappa shape index (κ3) is 5.44. The zero-order valence-corrected chi connectivity index (χ0v) is 18.5. The van der Waals surface area contributed by atoms with E-state index < -0.39 is 0 Å². The normalized spacial score (nSPS) is 13.6. The molecule has 1 saturated heterocycles. The van der Waals surface area contributed by atoms with Crippen molar-refractivity contribution in [2.75, 3.05) is 41.7 Å². The van der Waals surface area contributed by atoms with Crippen molar-refractivity contribution < 1.29 is 9.59 Å². The number of rotatable bonds is 4. The minimum atomic E-state index is -0.289. The lowest BCUT2D eigenvalue weighted by Gasteiger charge is -2.36. The monoisotopic (exact) mass is 478 g/mol. The molecule has 6 nitrogen and oxygen atoms in total. The molecule has 31 heavy (non-hydrogen) atoms. The summed E-state index contributed by atoms with van der Waals surface area (Å²) in [6, 6.07) is 24.3. The summed E-state index contributed by atoms with van der Waals surface area (Å²) in [5.41, 5.74) is 3.25. The van der Waals surface area contributed by atoms with Crippen LogP contribution < -0.4 is 15.5 Å². The Bertz CT molecular complexity index is 1030. The maximum atomic E-state index is 12.6. The van der Waals surface area contributed by atoms with Crippen molar-refractivity contribution >= 4 is 44.9 Å². The molecule has 0 bridgehead atoms. The zero-order valence-electron chi connectivity index (χ0n) is 16.9. The Kier molecular flexibility index (Phi) is 6.52. The van der Waals surface area contributed by atoms with Gasteiger partial charge in [0.2, 0.25) is 0 Å². The highest BCUT2D eigenvalue weighted by atomic mass is 79.9. The van der Waals surface area contributed by atoms with E-state index in [1.165, 1.54) is 0 Å². The topological polar surface area (TPSA) is 64.7 Å². The molecule has 1 aliphatic rings. The van der Waals surface area contributed by atoms with Crippen LogP contribution in [-0.4, -0.2) is 43.0 Å². The molecule has 0 aromatic heterocycles. The molecular weight excluding hydrogens is 456 g/mol. The van der Waals surface area contributed by atoms with Crippen LogP contribution in [0.15, 0.2) is 83.3 Å². The fraction of sp³-hybridized carbons (Fsp3) is 0.167. The molecule has 1 fully saturated rings. The quantitative estimate of drug-likeness (QED) is 0.550. The molecule has 0 atom stereocenters. The fourth-order valence-corrected chi connectivity index (χ4v) is 3.78. The summed E-state index contributed by atoms with van der Waals surface area (Å²) in [5.74, 6) is 0.0802. The lowest BCUT2D eigenvalue weighted by Crippen LogP contribution is -2.48. The van der Waals surface area contributed by atoms with Gasteiger partial charge in [-0.1, -0.05) is 34.1 Å². The summed E-state index contributed by atoms with van der Waals surface area (Å²) in [4.78, 5) is 28.9. The van der Waals surface area contributed by atoms with Gasteiger partial charge in [0.15, 0.2) is 0 Å². The Hall–Kier alpha value is -3.32. The van der Waals surface area contributed by atoms with Crippen LogP contribution >= 0.6 is 15.9 Å². The number of urea groups is 1. The van der Waals surface area contributed by atoms with Gasteiger partial charge in [0.05, 0.1) is 0 Å². The second-order valence-electron chi connectivity index (χ2n) is 7.28. The van der Waals surface area contributed by atoms with Crippen LogP contribution in [0.2, 0.25) is 0 Å². The fourth-order valence-electron chi connectivity index (χ4n) is 3.51. The Morgan fingerprint density at radius 2 is 1.26 bits per heavy atom. The Morgan fingerprint density at radius 1 is 0.710 bits per heavy atom. The third-order valence-corrected chi connectivity index (χ3v) is 5.71. The number of halogens is 1. The number of carbonyl (C=O) groups is 2. The lowest BCUT2D eigenvalue weighted by atomic mass is 10.1. The summed E-state index contributed by atoms with van der Waals surface area (Å²) in [5, 5.41) is 5.65. The standard InChI is InChI=1S/C24H23BrN4O2/c25-19-6-8-20(9-7-19)26-24(31)27-21-10-12-22(13-11-21)28-14-16-29(17-15-28)23(30)18-4-2-1-3-5-18/h1-13H,14-17H2,(H2,26,27,31). The number of nitrogens with zero attached hydrogens (tertiary/aromatic N) is 2. The average molecular weight is 479 g/mol. The number of anilines is 3. The largest absolute Gasteiger partial charge is 0.368 e. The summed E-state index contributed by atoms with van der Waals surface area (Å²) in [6.07, 6.45) is 0. The van der Waals surface area contributed by atoms with Gasteiger partial charge < -0.3 is 20.4 Å². The predicted octanol–water partition coefficient (Wildman–Crippen LogP) is 5.06. The lowest BCUT2D eigenvalue weighted by molar-refractivity contribution is 0.0747. The SMILES string of the molecule is O=C(Nc1ccc(Br)cc1)Nc1ccc(N2CCN(C(=O)c3ccccc3)CC2)cc1. The molecule has 1 aliphatic heterocycles. The Balaban J connectivity index is 1.29. The van der Waals surface area contributed by atoms with Gasteiger partial charge in [-0.15, -0.1) is 0 Å². The number of amides is 3. The molecule has 0 aliphatic carbocycles. The number of carbonyl (C=O) groups excluding carboxylic acids is 2. The van der Waals surface area contributed by atoms with Gasteiger partial charge in [-0.3, -0.25) is 4.79 Å². The van der Waals surface area contributed by atoms with Crippen LogP contribution in [0.4, 0.5) is 21.9 Å². The second-order valence-corrected chi connectivity index (χ2v) is 8.19. The van der Waals surface area contributed by atoms with E-state index >= 15 is 0 Å². The van der Waals surface area contributed by atoms with E-state index in [0.717, 1.165) is 40.2 Å². The average Bonchev–Trinajstić information content (AvgIpc) is 2.81. The van der Waals surface area contributed by atoms with Gasteiger partial charge in [0.1, 0.15) is 0 Å². The molecule has 4 rings (SSSR count). The van der Waals surface area contributed by atoms with E-state index in [1.807, 2.05) is 83.8 Å². The smallest absolute Gasteiger partial charge is 0.323 e. The highest BCUT2D eigenvalue weighted by molar-refractivity contribution is 9.10. The zero-order chi connectivity index (χ0) is 21.6. The van der Waals surface area contributed by atoms with Crippen LogP contribution in [0.5, 0.6) is 0 Å². The van der Waals surface area contributed by atoms with Crippen molar-refractivity contribution in [2.45, 2.75) is 0 Å². The molecule has 3 aromatic carbocycles. The van der Waals surface area contributed by atoms with Crippen molar-refractivity contribution in [1.82, 2.24) is 4.90 Å². The van der Waals surface area contributed by atoms with Gasteiger partial charge in [-0.25, -0.2) is 4.79 Å². The third-order valence-electron chi connectivity index (χ3n) is 5.18. The highest BCUT2D eigenvalue weighted by Crippen LogP contribution is 2.21. The van der Waals surface area contributed by atoms with E-state index in [0.29, 0.717) is 13.1 Å². The molecule has 158 valence electrons. The number of piperazine rings is 1. The second kappa shape index (κ2) is 9.66. The van der Waals surface area contributed by atoms with E-state index in [2.05, 4.69) is 31.5 Å². The van der Waals surface area contributed by atoms with E-state index in [4.69, 9.17) is 0 Å². The molecule has 7 heteroatoms. The molecule has 0 unspecified atom stereocenters. The van der Waals surface area contributed by atoms with Crippen molar-refractivity contribution in [3.63, 3.8) is 0 Å². The van der Waals surface area contributed by atoms with Crippen LogP contribution in [0.25, 0.3) is 0 Å². The molecular formula is C24H23BrN4O2. The minimum Gasteiger partial charge on any atom is -0.368 e. The molecule has 0 radical (unpaired) electrons. The number of benzene rings is 3. The van der Waals surface area contributed by atoms with Gasteiger partial charge in [-0.2, -0.15) is 0 Å². The van der Waals surface area contributed by atoms with Gasteiger partial charge >= 0.3 is 6.03 Å². The highest BCUT2D eigenvalue weighted by Gasteiger charge is 2.22. The van der Waals surface area contributed by atoms with Crippen LogP contribution in [0.3, 0.4) is 0 Å². The molecule has 3 amide bonds. The molecule has 0 saturated carbocycles. The number of nitrogens with one attached hydrogen (secondary N) is 2. The summed E-state index contributed by atoms with van der Waals surface area (Å²) >= 11 is 3.37. The van der Waals surface area contributed by atoms with Gasteiger partial charge in [0, 0.05) is 53.3 Å². The summed E-state index contributed by atoms with van der Waals surface area (Å²) in [7, 11) is 0. The van der Waals surface area contributed by atoms with Crippen molar-refractivity contribution in [1.29, 1.82) is 0 Å². The summed E-state index contributed by atoms with van der Waals surface area (Å²) in [6.45, 7) is 2.91. The molecule has 1 heterocycles. The number of hydrogen-bond acceptors (Lipinski definition) is 3. The van der Waals surface area contributed by atoms with Gasteiger partial charge in [-0.05, 0) is 60.7 Å². The maximum Gasteiger partial charge on any atom is 0.323 e. The summed E-state index contributed by atoms with van der Waals surface area (Å²) < 4.78 is 0.958. The first kappa shape index (κ1) is 20.9.